The molecule has 0 N–H and O–H groups in total. The minimum atomic E-state index is -4.75. The third-order valence-electron chi connectivity index (χ3n) is 6.97. The number of likely N-dealkylation sites (tertiary alicyclic amines) is 1. The van der Waals surface area contributed by atoms with Crippen LogP contribution >= 0.6 is 23.2 Å². The number of rotatable bonds is 9. The van der Waals surface area contributed by atoms with Crippen molar-refractivity contribution in [2.75, 3.05) is 20.1 Å². The summed E-state index contributed by atoms with van der Waals surface area (Å²) in [5.41, 5.74) is 0.0312. The molecule has 2 heterocycles. The zero-order valence-corrected chi connectivity index (χ0v) is 22.3. The fourth-order valence-corrected chi connectivity index (χ4v) is 5.25. The summed E-state index contributed by atoms with van der Waals surface area (Å²) >= 11 is 12.4. The highest BCUT2D eigenvalue weighted by atomic mass is 35.5. The quantitative estimate of drug-likeness (QED) is 0.214. The number of aromatic nitrogens is 2. The molecule has 1 amide bonds. The summed E-state index contributed by atoms with van der Waals surface area (Å²) in [5.74, 6) is -1.37. The SMILES string of the molecule is CN(Cc1ccc(C(F)(F)F)c(F)c1)[C@H]1CN(C(=O)CCCCn2ccnc2)C[C@@H]1c1ccc(Cl)c(Cl)c1. The lowest BCUT2D eigenvalue weighted by molar-refractivity contribution is -0.140. The third kappa shape index (κ3) is 6.87. The van der Waals surface area contributed by atoms with Gasteiger partial charge in [0.25, 0.3) is 0 Å². The largest absolute Gasteiger partial charge is 0.419 e. The molecular formula is C27H28Cl2F4N4O. The Kier molecular flexibility index (Phi) is 9.00. The van der Waals surface area contributed by atoms with Crippen LogP contribution in [-0.2, 0) is 24.1 Å². The summed E-state index contributed by atoms with van der Waals surface area (Å²) in [6.07, 6.45) is 2.57. The molecule has 4 rings (SSSR count). The number of aryl methyl sites for hydroxylation is 1. The number of unbranched alkanes of at least 4 members (excludes halogenated alkanes) is 1. The van der Waals surface area contributed by atoms with Gasteiger partial charge in [-0.3, -0.25) is 9.69 Å². The van der Waals surface area contributed by atoms with Crippen molar-refractivity contribution in [1.82, 2.24) is 19.4 Å². The van der Waals surface area contributed by atoms with Crippen molar-refractivity contribution >= 4 is 29.1 Å². The highest BCUT2D eigenvalue weighted by Crippen LogP contribution is 2.36. The van der Waals surface area contributed by atoms with Crippen LogP contribution in [0.1, 0.15) is 41.9 Å². The first kappa shape index (κ1) is 28.4. The fourth-order valence-electron chi connectivity index (χ4n) is 4.95. The van der Waals surface area contributed by atoms with Crippen LogP contribution in [0.4, 0.5) is 17.6 Å². The number of hydrogen-bond acceptors (Lipinski definition) is 3. The van der Waals surface area contributed by atoms with Gasteiger partial charge in [0.05, 0.1) is 21.9 Å². The molecule has 2 atom stereocenters. The first-order chi connectivity index (χ1) is 18.0. The molecule has 1 saturated heterocycles. The average Bonchev–Trinajstić information content (AvgIpc) is 3.53. The van der Waals surface area contributed by atoms with Gasteiger partial charge in [-0.05, 0) is 55.3 Å². The third-order valence-corrected chi connectivity index (χ3v) is 7.71. The van der Waals surface area contributed by atoms with Gasteiger partial charge in [0.2, 0.25) is 5.91 Å². The number of benzene rings is 2. The lowest BCUT2D eigenvalue weighted by Crippen LogP contribution is -2.38. The van der Waals surface area contributed by atoms with Crippen LogP contribution in [0.15, 0.2) is 55.1 Å². The van der Waals surface area contributed by atoms with Crippen molar-refractivity contribution in [2.24, 2.45) is 0 Å². The van der Waals surface area contributed by atoms with Gasteiger partial charge >= 0.3 is 6.18 Å². The number of carbonyl (C=O) groups is 1. The number of hydrogen-bond donors (Lipinski definition) is 0. The van der Waals surface area contributed by atoms with E-state index in [-0.39, 0.29) is 24.4 Å². The second-order valence-electron chi connectivity index (χ2n) is 9.63. The topological polar surface area (TPSA) is 41.4 Å². The van der Waals surface area contributed by atoms with Crippen LogP contribution in [0, 0.1) is 5.82 Å². The lowest BCUT2D eigenvalue weighted by atomic mass is 9.93. The molecule has 0 unspecified atom stereocenters. The van der Waals surface area contributed by atoms with Crippen molar-refractivity contribution in [3.8, 4) is 0 Å². The monoisotopic (exact) mass is 570 g/mol. The van der Waals surface area contributed by atoms with Gasteiger partial charge in [-0.2, -0.15) is 13.2 Å². The molecule has 0 bridgehead atoms. The van der Waals surface area contributed by atoms with E-state index in [2.05, 4.69) is 4.98 Å². The molecule has 2 aromatic carbocycles. The maximum Gasteiger partial charge on any atom is 0.419 e. The highest BCUT2D eigenvalue weighted by Gasteiger charge is 2.39. The number of nitrogens with zero attached hydrogens (tertiary/aromatic N) is 4. The Bertz CT molecular complexity index is 1250. The molecule has 3 aromatic rings. The maximum atomic E-state index is 14.2. The first-order valence-electron chi connectivity index (χ1n) is 12.3. The van der Waals surface area contributed by atoms with Gasteiger partial charge in [0.1, 0.15) is 5.82 Å². The van der Waals surface area contributed by atoms with Gasteiger partial charge in [-0.1, -0.05) is 35.3 Å². The Balaban J connectivity index is 1.46. The number of amides is 1. The second-order valence-corrected chi connectivity index (χ2v) is 10.4. The van der Waals surface area contributed by atoms with E-state index in [4.69, 9.17) is 23.2 Å². The summed E-state index contributed by atoms with van der Waals surface area (Å²) in [5, 5.41) is 0.823. The summed E-state index contributed by atoms with van der Waals surface area (Å²) < 4.78 is 55.1. The predicted octanol–water partition coefficient (Wildman–Crippen LogP) is 6.64. The van der Waals surface area contributed by atoms with Gasteiger partial charge in [-0.25, -0.2) is 9.37 Å². The molecule has 0 radical (unpaired) electrons. The molecular weight excluding hydrogens is 543 g/mol. The standard InChI is InChI=1S/C27H28Cl2F4N4O/c1-35(14-18-5-7-21(24(30)12-18)27(31,32)33)25-16-37(15-20(25)19-6-8-22(28)23(29)13-19)26(38)4-2-3-10-36-11-9-34-17-36/h5-9,11-13,17,20,25H,2-4,10,14-16H2,1H3/t20-,25+/m1/s1. The summed E-state index contributed by atoms with van der Waals surface area (Å²) in [6.45, 7) is 1.90. The molecule has 11 heteroatoms. The molecule has 0 aliphatic carbocycles. The van der Waals surface area contributed by atoms with E-state index in [9.17, 15) is 22.4 Å². The number of imidazole rings is 1. The van der Waals surface area contributed by atoms with E-state index >= 15 is 0 Å². The van der Waals surface area contributed by atoms with Crippen LogP contribution in [0.2, 0.25) is 10.0 Å². The van der Waals surface area contributed by atoms with Crippen LogP contribution in [0.3, 0.4) is 0 Å². The molecule has 204 valence electrons. The van der Waals surface area contributed by atoms with Crippen LogP contribution in [0.5, 0.6) is 0 Å². The van der Waals surface area contributed by atoms with Crippen molar-refractivity contribution in [1.29, 1.82) is 0 Å². The van der Waals surface area contributed by atoms with Crippen molar-refractivity contribution in [3.63, 3.8) is 0 Å². The highest BCUT2D eigenvalue weighted by molar-refractivity contribution is 6.42. The Morgan fingerprint density at radius 2 is 1.89 bits per heavy atom. The number of likely N-dealkylation sites (N-methyl/N-ethyl adjacent to an activating group) is 1. The first-order valence-corrected chi connectivity index (χ1v) is 13.0. The molecule has 0 spiro atoms. The molecule has 38 heavy (non-hydrogen) atoms. The minimum Gasteiger partial charge on any atom is -0.340 e. The predicted molar refractivity (Wildman–Crippen MR) is 139 cm³/mol. The molecule has 1 aliphatic rings. The molecule has 1 aromatic heterocycles. The van der Waals surface area contributed by atoms with Gasteiger partial charge in [-0.15, -0.1) is 0 Å². The van der Waals surface area contributed by atoms with Gasteiger partial charge < -0.3 is 9.47 Å². The Hall–Kier alpha value is -2.62. The summed E-state index contributed by atoms with van der Waals surface area (Å²) in [4.78, 5) is 20.9. The molecule has 1 fully saturated rings. The maximum absolute atomic E-state index is 14.2. The molecule has 1 aliphatic heterocycles. The molecule has 0 saturated carbocycles. The van der Waals surface area contributed by atoms with Crippen LogP contribution in [0.25, 0.3) is 0 Å². The summed E-state index contributed by atoms with van der Waals surface area (Å²) in [7, 11) is 1.82. The van der Waals surface area contributed by atoms with E-state index < -0.39 is 17.6 Å². The Morgan fingerprint density at radius 3 is 2.55 bits per heavy atom. The van der Waals surface area contributed by atoms with E-state index in [0.29, 0.717) is 35.1 Å². The van der Waals surface area contributed by atoms with Crippen molar-refractivity contribution < 1.29 is 22.4 Å². The van der Waals surface area contributed by atoms with E-state index in [1.54, 1.807) is 24.7 Å². The van der Waals surface area contributed by atoms with E-state index in [1.165, 1.54) is 6.07 Å². The van der Waals surface area contributed by atoms with Gasteiger partial charge in [0, 0.05) is 57.0 Å². The van der Waals surface area contributed by atoms with Crippen LogP contribution in [-0.4, -0.2) is 51.4 Å². The second kappa shape index (κ2) is 12.1. The summed E-state index contributed by atoms with van der Waals surface area (Å²) in [6, 6.07) is 8.18. The average molecular weight is 571 g/mol. The number of carbonyl (C=O) groups excluding carboxylic acids is 1. The van der Waals surface area contributed by atoms with Crippen molar-refractivity contribution in [3.05, 3.63) is 87.7 Å². The van der Waals surface area contributed by atoms with E-state index in [1.807, 2.05) is 33.7 Å². The normalized spacial score (nSPS) is 17.9. The zero-order chi connectivity index (χ0) is 27.4. The number of alkyl halides is 3. The minimum absolute atomic E-state index is 0.0390. The van der Waals surface area contributed by atoms with Crippen molar-refractivity contribution in [2.45, 2.75) is 50.5 Å². The number of halogens is 6. The fraction of sp³-hybridized carbons (Fsp3) is 0.407. The smallest absolute Gasteiger partial charge is 0.340 e. The van der Waals surface area contributed by atoms with E-state index in [0.717, 1.165) is 37.1 Å². The Labute approximate surface area is 229 Å². The lowest BCUT2D eigenvalue weighted by Gasteiger charge is -2.29. The van der Waals surface area contributed by atoms with Crippen LogP contribution < -0.4 is 0 Å². The van der Waals surface area contributed by atoms with Gasteiger partial charge in [0.15, 0.2) is 0 Å². The zero-order valence-electron chi connectivity index (χ0n) is 20.8. The Morgan fingerprint density at radius 1 is 1.11 bits per heavy atom. The molecule has 5 nitrogen and oxygen atoms in total.